The molecule has 0 aromatic heterocycles. The van der Waals surface area contributed by atoms with E-state index in [-0.39, 0.29) is 23.1 Å². The van der Waals surface area contributed by atoms with Gasteiger partial charge in [0.05, 0.1) is 0 Å². The number of amides is 2. The molecular weight excluding hydrogens is 382 g/mol. The lowest BCUT2D eigenvalue weighted by atomic mass is 10.1. The Morgan fingerprint density at radius 2 is 1.96 bits per heavy atom. The summed E-state index contributed by atoms with van der Waals surface area (Å²) in [6.45, 7) is 7.47. The van der Waals surface area contributed by atoms with Crippen LogP contribution in [0.2, 0.25) is 5.02 Å². The first-order chi connectivity index (χ1) is 13.0. The van der Waals surface area contributed by atoms with Crippen molar-refractivity contribution in [3.63, 3.8) is 0 Å². The molecule has 1 aromatic carbocycles. The minimum absolute atomic E-state index is 0.00962. The molecule has 2 heterocycles. The Bertz CT molecular complexity index is 679. The normalized spacial score (nSPS) is 23.2. The summed E-state index contributed by atoms with van der Waals surface area (Å²) in [5.74, 6) is 0.340. The molecule has 1 aromatic rings. The van der Waals surface area contributed by atoms with Gasteiger partial charge in [-0.15, -0.1) is 11.8 Å². The Balaban J connectivity index is 1.70. The maximum absolute atomic E-state index is 12.9. The maximum atomic E-state index is 12.9. The van der Waals surface area contributed by atoms with Crippen LogP contribution in [0.4, 0.5) is 0 Å². The molecule has 3 rings (SSSR count). The Morgan fingerprint density at radius 1 is 1.26 bits per heavy atom. The van der Waals surface area contributed by atoms with Gasteiger partial charge in [0.25, 0.3) is 0 Å². The van der Waals surface area contributed by atoms with Crippen LogP contribution in [0.3, 0.4) is 0 Å². The number of rotatable bonds is 6. The second-order valence-electron chi connectivity index (χ2n) is 7.46. The van der Waals surface area contributed by atoms with E-state index in [2.05, 4.69) is 10.2 Å². The number of halogens is 1. The smallest absolute Gasteiger partial charge is 0.243 e. The second kappa shape index (κ2) is 9.30. The van der Waals surface area contributed by atoms with E-state index in [1.807, 2.05) is 38.1 Å². The summed E-state index contributed by atoms with van der Waals surface area (Å²) in [7, 11) is 0. The monoisotopic (exact) mass is 409 g/mol. The topological polar surface area (TPSA) is 52.7 Å². The third-order valence-electron chi connectivity index (χ3n) is 5.15. The standard InChI is InChI=1S/C20H28ClN3O2S/c1-14(2)19(26)24-17(18(25)22-9-12-23-10-5-6-11-23)13-27-20(24)15-7-3-4-8-16(15)21/h3-4,7-8,14,17,20H,5-6,9-13H2,1-2H3,(H,22,25)/t17-,20+/m0/s1. The largest absolute Gasteiger partial charge is 0.353 e. The van der Waals surface area contributed by atoms with Crippen molar-refractivity contribution in [1.82, 2.24) is 15.1 Å². The van der Waals surface area contributed by atoms with Crippen molar-refractivity contribution in [3.05, 3.63) is 34.9 Å². The zero-order valence-corrected chi connectivity index (χ0v) is 17.6. The molecule has 7 heteroatoms. The van der Waals surface area contributed by atoms with Gasteiger partial charge in [-0.2, -0.15) is 0 Å². The summed E-state index contributed by atoms with van der Waals surface area (Å²) in [4.78, 5) is 29.9. The van der Waals surface area contributed by atoms with Gasteiger partial charge < -0.3 is 15.1 Å². The summed E-state index contributed by atoms with van der Waals surface area (Å²) in [6, 6.07) is 7.11. The number of carbonyl (C=O) groups excluding carboxylic acids is 2. The number of hydrogen-bond acceptors (Lipinski definition) is 4. The van der Waals surface area contributed by atoms with E-state index in [0.29, 0.717) is 17.3 Å². The molecule has 0 radical (unpaired) electrons. The van der Waals surface area contributed by atoms with Crippen LogP contribution in [0.1, 0.15) is 37.6 Å². The molecule has 0 aliphatic carbocycles. The molecule has 5 nitrogen and oxygen atoms in total. The quantitative estimate of drug-likeness (QED) is 0.784. The molecule has 0 bridgehead atoms. The van der Waals surface area contributed by atoms with Gasteiger partial charge in [0.1, 0.15) is 11.4 Å². The van der Waals surface area contributed by atoms with Crippen molar-refractivity contribution in [2.24, 2.45) is 5.92 Å². The lowest BCUT2D eigenvalue weighted by molar-refractivity contribution is -0.142. The fourth-order valence-corrected chi connectivity index (χ4v) is 5.43. The second-order valence-corrected chi connectivity index (χ2v) is 8.98. The van der Waals surface area contributed by atoms with Crippen LogP contribution < -0.4 is 5.32 Å². The molecule has 0 spiro atoms. The van der Waals surface area contributed by atoms with Crippen molar-refractivity contribution in [2.45, 2.75) is 38.1 Å². The van der Waals surface area contributed by atoms with Crippen molar-refractivity contribution in [3.8, 4) is 0 Å². The Hall–Kier alpha value is -1.24. The fourth-order valence-electron chi connectivity index (χ4n) is 3.65. The van der Waals surface area contributed by atoms with Gasteiger partial charge in [-0.05, 0) is 32.0 Å². The third kappa shape index (κ3) is 4.79. The first-order valence-corrected chi connectivity index (χ1v) is 11.1. The van der Waals surface area contributed by atoms with E-state index in [1.54, 1.807) is 16.7 Å². The summed E-state index contributed by atoms with van der Waals surface area (Å²) in [5, 5.41) is 3.45. The van der Waals surface area contributed by atoms with Crippen LogP contribution >= 0.6 is 23.4 Å². The Morgan fingerprint density at radius 3 is 2.63 bits per heavy atom. The molecule has 27 heavy (non-hydrogen) atoms. The van der Waals surface area contributed by atoms with E-state index in [9.17, 15) is 9.59 Å². The highest BCUT2D eigenvalue weighted by Gasteiger charge is 2.43. The Labute approximate surface area is 170 Å². The van der Waals surface area contributed by atoms with Crippen molar-refractivity contribution >= 4 is 35.2 Å². The fraction of sp³-hybridized carbons (Fsp3) is 0.600. The molecule has 1 N–H and O–H groups in total. The Kier molecular flexibility index (Phi) is 7.06. The predicted octanol–water partition coefficient (Wildman–Crippen LogP) is 3.15. The molecule has 2 saturated heterocycles. The highest BCUT2D eigenvalue weighted by Crippen LogP contribution is 2.44. The van der Waals surface area contributed by atoms with E-state index >= 15 is 0 Å². The van der Waals surface area contributed by atoms with Gasteiger partial charge in [-0.25, -0.2) is 0 Å². The van der Waals surface area contributed by atoms with Gasteiger partial charge in [0, 0.05) is 35.3 Å². The number of hydrogen-bond donors (Lipinski definition) is 1. The molecule has 2 atom stereocenters. The number of likely N-dealkylation sites (tertiary alicyclic amines) is 1. The summed E-state index contributed by atoms with van der Waals surface area (Å²) < 4.78 is 0. The van der Waals surface area contributed by atoms with Crippen LogP contribution in [-0.2, 0) is 9.59 Å². The van der Waals surface area contributed by atoms with Crippen LogP contribution in [0.15, 0.2) is 24.3 Å². The minimum Gasteiger partial charge on any atom is -0.353 e. The van der Waals surface area contributed by atoms with Crippen molar-refractivity contribution in [2.75, 3.05) is 31.9 Å². The highest BCUT2D eigenvalue weighted by atomic mass is 35.5. The third-order valence-corrected chi connectivity index (χ3v) is 6.80. The average Bonchev–Trinajstić information content (AvgIpc) is 3.31. The lowest BCUT2D eigenvalue weighted by Gasteiger charge is -2.31. The SMILES string of the molecule is CC(C)C(=O)N1[C@@H](c2ccccc2Cl)SC[C@H]1C(=O)NCCN1CCCC1. The zero-order valence-electron chi connectivity index (χ0n) is 16.0. The molecule has 148 valence electrons. The van der Waals surface area contributed by atoms with E-state index in [1.165, 1.54) is 12.8 Å². The summed E-state index contributed by atoms with van der Waals surface area (Å²) in [6.07, 6.45) is 2.48. The number of benzene rings is 1. The van der Waals surface area contributed by atoms with Crippen LogP contribution in [-0.4, -0.2) is 59.6 Å². The van der Waals surface area contributed by atoms with Gasteiger partial charge in [0.15, 0.2) is 0 Å². The van der Waals surface area contributed by atoms with Gasteiger partial charge in [0.2, 0.25) is 11.8 Å². The lowest BCUT2D eigenvalue weighted by Crippen LogP contribution is -2.50. The van der Waals surface area contributed by atoms with Crippen molar-refractivity contribution in [1.29, 1.82) is 0 Å². The average molecular weight is 410 g/mol. The molecule has 2 aliphatic rings. The highest BCUT2D eigenvalue weighted by molar-refractivity contribution is 7.99. The minimum atomic E-state index is -0.454. The summed E-state index contributed by atoms with van der Waals surface area (Å²) in [5.41, 5.74) is 0.894. The molecular formula is C20H28ClN3O2S. The molecule has 2 amide bonds. The van der Waals surface area contributed by atoms with Crippen LogP contribution in [0.5, 0.6) is 0 Å². The number of nitrogens with one attached hydrogen (secondary N) is 1. The number of carbonyl (C=O) groups is 2. The van der Waals surface area contributed by atoms with E-state index < -0.39 is 6.04 Å². The van der Waals surface area contributed by atoms with Crippen LogP contribution in [0.25, 0.3) is 0 Å². The first-order valence-electron chi connectivity index (χ1n) is 9.67. The van der Waals surface area contributed by atoms with Crippen molar-refractivity contribution < 1.29 is 9.59 Å². The zero-order chi connectivity index (χ0) is 19.4. The molecule has 2 fully saturated rings. The maximum Gasteiger partial charge on any atom is 0.243 e. The molecule has 0 unspecified atom stereocenters. The van der Waals surface area contributed by atoms with E-state index in [4.69, 9.17) is 11.6 Å². The van der Waals surface area contributed by atoms with Gasteiger partial charge >= 0.3 is 0 Å². The van der Waals surface area contributed by atoms with Crippen LogP contribution in [0, 0.1) is 5.92 Å². The summed E-state index contributed by atoms with van der Waals surface area (Å²) >= 11 is 7.99. The molecule has 2 aliphatic heterocycles. The predicted molar refractivity (Wildman–Crippen MR) is 111 cm³/mol. The number of thioether (sulfide) groups is 1. The number of nitrogens with zero attached hydrogens (tertiary/aromatic N) is 2. The van der Waals surface area contributed by atoms with E-state index in [0.717, 1.165) is 25.2 Å². The first kappa shape index (κ1) is 20.5. The van der Waals surface area contributed by atoms with Gasteiger partial charge in [-0.1, -0.05) is 43.6 Å². The molecule has 0 saturated carbocycles. The van der Waals surface area contributed by atoms with Gasteiger partial charge in [-0.3, -0.25) is 9.59 Å².